The van der Waals surface area contributed by atoms with Gasteiger partial charge in [-0.05, 0) is 23.8 Å². The lowest BCUT2D eigenvalue weighted by Crippen LogP contribution is -2.19. The molecule has 8 heteroatoms. The number of anilines is 2. The van der Waals surface area contributed by atoms with E-state index in [1.54, 1.807) is 18.2 Å². The molecule has 1 atom stereocenters. The molecule has 25 heavy (non-hydrogen) atoms. The summed E-state index contributed by atoms with van der Waals surface area (Å²) in [6.07, 6.45) is 0. The Bertz CT molecular complexity index is 885. The van der Waals surface area contributed by atoms with E-state index in [2.05, 4.69) is 27.8 Å². The van der Waals surface area contributed by atoms with Crippen LogP contribution in [0.4, 0.5) is 15.6 Å². The number of nitrogens with one attached hydrogen (secondary N) is 2. The minimum absolute atomic E-state index is 0.104. The predicted molar refractivity (Wildman–Crippen MR) is 103 cm³/mol. The van der Waals surface area contributed by atoms with Crippen LogP contribution in [0, 0.1) is 0 Å². The van der Waals surface area contributed by atoms with Crippen molar-refractivity contribution in [3.8, 4) is 0 Å². The fourth-order valence-corrected chi connectivity index (χ4v) is 3.29. The Morgan fingerprint density at radius 3 is 2.52 bits per heavy atom. The Hall–Kier alpha value is -2.15. The Labute approximate surface area is 159 Å². The molecule has 0 saturated heterocycles. The number of halogens is 2. The third-order valence-electron chi connectivity index (χ3n) is 3.51. The van der Waals surface area contributed by atoms with Gasteiger partial charge in [0.2, 0.25) is 5.13 Å². The highest BCUT2D eigenvalue weighted by atomic mass is 35.5. The van der Waals surface area contributed by atoms with Crippen LogP contribution in [0.15, 0.2) is 48.5 Å². The molecular formula is C17H14Cl2N4OS. The molecule has 1 unspecified atom stereocenters. The van der Waals surface area contributed by atoms with Crippen LogP contribution in [0.3, 0.4) is 0 Å². The minimum Gasteiger partial charge on any atom is -0.308 e. The first-order chi connectivity index (χ1) is 12.0. The van der Waals surface area contributed by atoms with Crippen molar-refractivity contribution in [1.82, 2.24) is 10.2 Å². The van der Waals surface area contributed by atoms with Crippen LogP contribution in [0.5, 0.6) is 0 Å². The normalized spacial score (nSPS) is 11.8. The zero-order chi connectivity index (χ0) is 17.8. The lowest BCUT2D eigenvalue weighted by molar-refractivity contribution is 0.262. The molecule has 2 aromatic carbocycles. The number of rotatable bonds is 4. The van der Waals surface area contributed by atoms with E-state index in [1.807, 2.05) is 30.3 Å². The Kier molecular flexibility index (Phi) is 5.53. The first kappa shape index (κ1) is 17.7. The maximum absolute atomic E-state index is 12.1. The van der Waals surface area contributed by atoms with E-state index < -0.39 is 6.03 Å². The van der Waals surface area contributed by atoms with Crippen LogP contribution in [0.25, 0.3) is 0 Å². The molecule has 0 aliphatic carbocycles. The fraction of sp³-hybridized carbons (Fsp3) is 0.118. The van der Waals surface area contributed by atoms with Gasteiger partial charge in [0.25, 0.3) is 0 Å². The van der Waals surface area contributed by atoms with Gasteiger partial charge in [0.05, 0.1) is 10.0 Å². The molecule has 2 N–H and O–H groups in total. The van der Waals surface area contributed by atoms with Gasteiger partial charge in [-0.25, -0.2) is 4.79 Å². The molecule has 3 aromatic rings. The van der Waals surface area contributed by atoms with Gasteiger partial charge in [-0.2, -0.15) is 0 Å². The molecule has 5 nitrogen and oxygen atoms in total. The molecule has 0 saturated carbocycles. The summed E-state index contributed by atoms with van der Waals surface area (Å²) in [7, 11) is 0. The summed E-state index contributed by atoms with van der Waals surface area (Å²) in [6, 6.07) is 14.4. The summed E-state index contributed by atoms with van der Waals surface area (Å²) < 4.78 is 0. The van der Waals surface area contributed by atoms with Crippen LogP contribution in [0.1, 0.15) is 23.4 Å². The van der Waals surface area contributed by atoms with Crippen molar-refractivity contribution in [2.45, 2.75) is 12.8 Å². The molecule has 128 valence electrons. The van der Waals surface area contributed by atoms with Crippen LogP contribution < -0.4 is 10.6 Å². The van der Waals surface area contributed by atoms with Gasteiger partial charge in [-0.15, -0.1) is 10.2 Å². The first-order valence-corrected chi connectivity index (χ1v) is 9.01. The van der Waals surface area contributed by atoms with Crippen molar-refractivity contribution in [2.75, 3.05) is 10.6 Å². The zero-order valence-electron chi connectivity index (χ0n) is 13.2. The molecule has 3 rings (SSSR count). The van der Waals surface area contributed by atoms with Crippen molar-refractivity contribution in [1.29, 1.82) is 0 Å². The summed E-state index contributed by atoms with van der Waals surface area (Å²) in [5.74, 6) is 0.104. The number of urea groups is 1. The molecule has 0 radical (unpaired) electrons. The monoisotopic (exact) mass is 392 g/mol. The standard InChI is InChI=1S/C17H14Cl2N4OS/c1-10(11-5-3-2-4-6-11)15-22-23-17(25-15)21-16(24)20-12-7-8-13(18)14(19)9-12/h2-10H,1H3,(H2,20,21,23,24). The molecule has 0 aliphatic heterocycles. The number of hydrogen-bond donors (Lipinski definition) is 2. The summed E-state index contributed by atoms with van der Waals surface area (Å²) in [5.41, 5.74) is 1.68. The lowest BCUT2D eigenvalue weighted by Gasteiger charge is -2.07. The number of hydrogen-bond acceptors (Lipinski definition) is 4. The van der Waals surface area contributed by atoms with Crippen LogP contribution in [-0.2, 0) is 0 Å². The Morgan fingerprint density at radius 1 is 1.04 bits per heavy atom. The Morgan fingerprint density at radius 2 is 1.80 bits per heavy atom. The predicted octanol–water partition coefficient (Wildman–Crippen LogP) is 5.64. The number of benzene rings is 2. The fourth-order valence-electron chi connectivity index (χ4n) is 2.18. The maximum atomic E-state index is 12.1. The molecule has 1 aromatic heterocycles. The van der Waals surface area contributed by atoms with Crippen molar-refractivity contribution in [3.05, 3.63) is 69.1 Å². The highest BCUT2D eigenvalue weighted by Crippen LogP contribution is 2.29. The third-order valence-corrected chi connectivity index (χ3v) is 5.27. The van der Waals surface area contributed by atoms with E-state index in [-0.39, 0.29) is 5.92 Å². The summed E-state index contributed by atoms with van der Waals surface area (Å²) in [4.78, 5) is 12.1. The molecule has 0 aliphatic rings. The molecule has 0 fully saturated rings. The number of carbonyl (C=O) groups excluding carboxylic acids is 1. The number of amides is 2. The topological polar surface area (TPSA) is 66.9 Å². The van der Waals surface area contributed by atoms with Crippen molar-refractivity contribution in [3.63, 3.8) is 0 Å². The van der Waals surface area contributed by atoms with Gasteiger partial charge in [-0.1, -0.05) is 71.8 Å². The highest BCUT2D eigenvalue weighted by molar-refractivity contribution is 7.15. The van der Waals surface area contributed by atoms with Gasteiger partial charge in [-0.3, -0.25) is 5.32 Å². The van der Waals surface area contributed by atoms with E-state index in [9.17, 15) is 4.79 Å². The molecular weight excluding hydrogens is 379 g/mol. The van der Waals surface area contributed by atoms with Crippen LogP contribution in [-0.4, -0.2) is 16.2 Å². The summed E-state index contributed by atoms with van der Waals surface area (Å²) >= 11 is 13.1. The molecule has 0 spiro atoms. The third kappa shape index (κ3) is 4.48. The Balaban J connectivity index is 1.64. The van der Waals surface area contributed by atoms with Gasteiger partial charge in [0, 0.05) is 11.6 Å². The van der Waals surface area contributed by atoms with Gasteiger partial charge >= 0.3 is 6.03 Å². The van der Waals surface area contributed by atoms with Gasteiger partial charge < -0.3 is 5.32 Å². The van der Waals surface area contributed by atoms with E-state index in [0.717, 1.165) is 10.6 Å². The average Bonchev–Trinajstić information content (AvgIpc) is 3.06. The summed E-state index contributed by atoms with van der Waals surface area (Å²) in [5, 5.41) is 15.6. The number of carbonyl (C=O) groups is 1. The second-order valence-electron chi connectivity index (χ2n) is 5.29. The lowest BCUT2D eigenvalue weighted by atomic mass is 10.0. The van der Waals surface area contributed by atoms with Crippen molar-refractivity contribution in [2.24, 2.45) is 0 Å². The molecule has 0 bridgehead atoms. The maximum Gasteiger partial charge on any atom is 0.325 e. The molecule has 1 heterocycles. The van der Waals surface area contributed by atoms with E-state index in [1.165, 1.54) is 11.3 Å². The second kappa shape index (κ2) is 7.82. The van der Waals surface area contributed by atoms with Crippen LogP contribution >= 0.6 is 34.5 Å². The van der Waals surface area contributed by atoms with Crippen LogP contribution in [0.2, 0.25) is 10.0 Å². The van der Waals surface area contributed by atoms with E-state index in [0.29, 0.717) is 20.9 Å². The highest BCUT2D eigenvalue weighted by Gasteiger charge is 2.15. The number of nitrogens with zero attached hydrogens (tertiary/aromatic N) is 2. The van der Waals surface area contributed by atoms with Crippen molar-refractivity contribution >= 4 is 51.4 Å². The zero-order valence-corrected chi connectivity index (χ0v) is 15.5. The smallest absolute Gasteiger partial charge is 0.308 e. The quantitative estimate of drug-likeness (QED) is 0.603. The largest absolute Gasteiger partial charge is 0.325 e. The van der Waals surface area contributed by atoms with E-state index >= 15 is 0 Å². The average molecular weight is 393 g/mol. The molecule has 2 amide bonds. The second-order valence-corrected chi connectivity index (χ2v) is 7.11. The minimum atomic E-state index is -0.423. The van der Waals surface area contributed by atoms with Crippen molar-refractivity contribution < 1.29 is 4.79 Å². The van der Waals surface area contributed by atoms with Gasteiger partial charge in [0.15, 0.2) is 0 Å². The van der Waals surface area contributed by atoms with Gasteiger partial charge in [0.1, 0.15) is 5.01 Å². The number of aromatic nitrogens is 2. The summed E-state index contributed by atoms with van der Waals surface area (Å²) in [6.45, 7) is 2.05. The first-order valence-electron chi connectivity index (χ1n) is 7.44. The van der Waals surface area contributed by atoms with E-state index in [4.69, 9.17) is 23.2 Å². The SMILES string of the molecule is CC(c1ccccc1)c1nnc(NC(=O)Nc2ccc(Cl)c(Cl)c2)s1.